The maximum absolute atomic E-state index is 13.0. The summed E-state index contributed by atoms with van der Waals surface area (Å²) in [6, 6.07) is 13.5. The summed E-state index contributed by atoms with van der Waals surface area (Å²) in [5.74, 6) is 1.49. The number of rotatable bonds is 7. The zero-order valence-electron chi connectivity index (χ0n) is 15.3. The number of carbonyl (C=O) groups excluding carboxylic acids is 1. The molecule has 2 aromatic carbocycles. The molecule has 146 valence electrons. The molecule has 0 unspecified atom stereocenters. The van der Waals surface area contributed by atoms with E-state index in [4.69, 9.17) is 19.9 Å². The summed E-state index contributed by atoms with van der Waals surface area (Å²) in [6.45, 7) is 2.41. The van der Waals surface area contributed by atoms with Gasteiger partial charge in [-0.1, -0.05) is 30.3 Å². The Morgan fingerprint density at radius 2 is 1.89 bits per heavy atom. The van der Waals surface area contributed by atoms with Crippen molar-refractivity contribution < 1.29 is 19.0 Å². The number of nitrogens with two attached hydrogens (primary N) is 1. The lowest BCUT2D eigenvalue weighted by atomic mass is 10.1. The molecule has 2 N–H and O–H groups in total. The molecule has 3 rings (SSSR count). The number of benzene rings is 2. The number of methoxy groups -OCH3 is 1. The summed E-state index contributed by atoms with van der Waals surface area (Å²) in [6.07, 6.45) is 0.772. The van der Waals surface area contributed by atoms with Crippen molar-refractivity contribution in [3.63, 3.8) is 0 Å². The number of carbonyl (C=O) groups is 1. The summed E-state index contributed by atoms with van der Waals surface area (Å²) in [4.78, 5) is 14.8. The van der Waals surface area contributed by atoms with E-state index in [-0.39, 0.29) is 18.3 Å². The number of halogens is 1. The third kappa shape index (κ3) is 5.05. The van der Waals surface area contributed by atoms with Gasteiger partial charge in [0.1, 0.15) is 13.2 Å². The second-order valence-electron chi connectivity index (χ2n) is 6.02. The van der Waals surface area contributed by atoms with Crippen LogP contribution in [0.15, 0.2) is 42.5 Å². The van der Waals surface area contributed by atoms with E-state index in [1.807, 2.05) is 18.2 Å². The topological polar surface area (TPSA) is 74.0 Å². The van der Waals surface area contributed by atoms with Crippen LogP contribution in [0, 0.1) is 0 Å². The van der Waals surface area contributed by atoms with Crippen molar-refractivity contribution in [2.45, 2.75) is 6.42 Å². The van der Waals surface area contributed by atoms with Crippen LogP contribution in [0.3, 0.4) is 0 Å². The molecule has 0 radical (unpaired) electrons. The van der Waals surface area contributed by atoms with Crippen LogP contribution in [0.5, 0.6) is 17.2 Å². The van der Waals surface area contributed by atoms with Crippen molar-refractivity contribution >= 4 is 18.3 Å². The number of nitrogens with zero attached hydrogens (tertiary/aromatic N) is 1. The number of ether oxygens (including phenoxy) is 3. The summed E-state index contributed by atoms with van der Waals surface area (Å²) >= 11 is 0. The molecular weight excluding hydrogens is 368 g/mol. The van der Waals surface area contributed by atoms with Gasteiger partial charge >= 0.3 is 0 Å². The predicted octanol–water partition coefficient (Wildman–Crippen LogP) is 2.53. The van der Waals surface area contributed by atoms with E-state index in [0.717, 1.165) is 6.42 Å². The van der Waals surface area contributed by atoms with Crippen LogP contribution in [0.1, 0.15) is 15.9 Å². The van der Waals surface area contributed by atoms with Gasteiger partial charge in [0.25, 0.3) is 5.91 Å². The Hall–Kier alpha value is -2.44. The summed E-state index contributed by atoms with van der Waals surface area (Å²) in [5.41, 5.74) is 7.41. The lowest BCUT2D eigenvalue weighted by Crippen LogP contribution is -2.37. The average molecular weight is 393 g/mol. The van der Waals surface area contributed by atoms with Crippen LogP contribution in [-0.4, -0.2) is 50.8 Å². The van der Waals surface area contributed by atoms with E-state index in [9.17, 15) is 4.79 Å². The van der Waals surface area contributed by atoms with Crippen molar-refractivity contribution in [2.24, 2.45) is 5.73 Å². The van der Waals surface area contributed by atoms with Gasteiger partial charge in [-0.3, -0.25) is 4.79 Å². The minimum atomic E-state index is -0.0957. The van der Waals surface area contributed by atoms with Crippen LogP contribution in [0.4, 0.5) is 0 Å². The molecule has 1 heterocycles. The maximum atomic E-state index is 13.0. The molecule has 2 aromatic rings. The highest BCUT2D eigenvalue weighted by molar-refractivity contribution is 5.95. The number of hydrogen-bond donors (Lipinski definition) is 1. The minimum absolute atomic E-state index is 0. The Morgan fingerprint density at radius 1 is 1.15 bits per heavy atom. The van der Waals surface area contributed by atoms with Gasteiger partial charge in [-0.2, -0.15) is 0 Å². The molecule has 0 bridgehead atoms. The van der Waals surface area contributed by atoms with Gasteiger partial charge in [-0.25, -0.2) is 0 Å². The van der Waals surface area contributed by atoms with Crippen LogP contribution in [0.2, 0.25) is 0 Å². The predicted molar refractivity (Wildman–Crippen MR) is 106 cm³/mol. The highest BCUT2D eigenvalue weighted by Crippen LogP contribution is 2.40. The molecule has 1 aliphatic rings. The maximum Gasteiger partial charge on any atom is 0.254 e. The van der Waals surface area contributed by atoms with Crippen LogP contribution in [0.25, 0.3) is 0 Å². The second kappa shape index (κ2) is 10.0. The summed E-state index contributed by atoms with van der Waals surface area (Å²) in [5, 5.41) is 0. The molecule has 27 heavy (non-hydrogen) atoms. The monoisotopic (exact) mass is 392 g/mol. The fourth-order valence-electron chi connectivity index (χ4n) is 2.96. The van der Waals surface area contributed by atoms with E-state index in [1.165, 1.54) is 5.56 Å². The first-order chi connectivity index (χ1) is 12.7. The lowest BCUT2D eigenvalue weighted by Gasteiger charge is -2.25. The molecule has 6 nitrogen and oxygen atoms in total. The van der Waals surface area contributed by atoms with Gasteiger partial charge < -0.3 is 24.8 Å². The zero-order valence-corrected chi connectivity index (χ0v) is 16.2. The highest BCUT2D eigenvalue weighted by atomic mass is 35.5. The fraction of sp³-hybridized carbons (Fsp3) is 0.350. The second-order valence-corrected chi connectivity index (χ2v) is 6.02. The van der Waals surface area contributed by atoms with E-state index in [1.54, 1.807) is 24.1 Å². The van der Waals surface area contributed by atoms with E-state index in [2.05, 4.69) is 12.1 Å². The first-order valence-corrected chi connectivity index (χ1v) is 8.74. The molecule has 1 amide bonds. The van der Waals surface area contributed by atoms with Crippen molar-refractivity contribution in [1.82, 2.24) is 4.90 Å². The van der Waals surface area contributed by atoms with E-state index < -0.39 is 0 Å². The molecule has 0 aliphatic carbocycles. The standard InChI is InChI=1S/C20H24N2O4.ClH/c1-24-17-13-16(14-18-19(17)26-12-11-25-18)20(23)22(10-8-21)9-7-15-5-3-2-4-6-15;/h2-6,13-14H,7-12,21H2,1H3;1H. The molecule has 0 aromatic heterocycles. The first kappa shape index (κ1) is 20.9. The van der Waals surface area contributed by atoms with Gasteiger partial charge in [0.15, 0.2) is 11.5 Å². The van der Waals surface area contributed by atoms with E-state index >= 15 is 0 Å². The third-order valence-corrected chi connectivity index (χ3v) is 4.27. The normalized spacial score (nSPS) is 12.1. The quantitative estimate of drug-likeness (QED) is 0.783. The minimum Gasteiger partial charge on any atom is -0.493 e. The SMILES string of the molecule is COc1cc(C(=O)N(CCN)CCc2ccccc2)cc2c1OCCO2.Cl. The fourth-order valence-corrected chi connectivity index (χ4v) is 2.96. The Balaban J connectivity index is 0.00000261. The number of fused-ring (bicyclic) bond motifs is 1. The third-order valence-electron chi connectivity index (χ3n) is 4.27. The molecule has 0 saturated heterocycles. The van der Waals surface area contributed by atoms with Crippen LogP contribution < -0.4 is 19.9 Å². The van der Waals surface area contributed by atoms with E-state index in [0.29, 0.717) is 55.7 Å². The Kier molecular flexibility index (Phi) is 7.76. The smallest absolute Gasteiger partial charge is 0.254 e. The van der Waals surface area contributed by atoms with Crippen LogP contribution >= 0.6 is 12.4 Å². The molecule has 0 fully saturated rings. The molecule has 0 atom stereocenters. The zero-order chi connectivity index (χ0) is 18.4. The largest absolute Gasteiger partial charge is 0.493 e. The van der Waals surface area contributed by atoms with Gasteiger partial charge in [0, 0.05) is 25.2 Å². The lowest BCUT2D eigenvalue weighted by molar-refractivity contribution is 0.0760. The Morgan fingerprint density at radius 3 is 2.59 bits per heavy atom. The average Bonchev–Trinajstić information content (AvgIpc) is 2.70. The summed E-state index contributed by atoms with van der Waals surface area (Å²) in [7, 11) is 1.55. The van der Waals surface area contributed by atoms with Gasteiger partial charge in [0.05, 0.1) is 7.11 Å². The molecule has 0 saturated carbocycles. The molecule has 0 spiro atoms. The number of amides is 1. The van der Waals surface area contributed by atoms with Gasteiger partial charge in [-0.15, -0.1) is 12.4 Å². The van der Waals surface area contributed by atoms with Gasteiger partial charge in [0.2, 0.25) is 5.75 Å². The molecule has 1 aliphatic heterocycles. The Labute approximate surface area is 165 Å². The first-order valence-electron chi connectivity index (χ1n) is 8.74. The van der Waals surface area contributed by atoms with Crippen molar-refractivity contribution in [3.8, 4) is 17.2 Å². The van der Waals surface area contributed by atoms with Gasteiger partial charge in [-0.05, 0) is 24.1 Å². The molecular formula is C20H25ClN2O4. The summed E-state index contributed by atoms with van der Waals surface area (Å²) < 4.78 is 16.6. The van der Waals surface area contributed by atoms with Crippen molar-refractivity contribution in [3.05, 3.63) is 53.6 Å². The molecule has 7 heteroatoms. The highest BCUT2D eigenvalue weighted by Gasteiger charge is 2.23. The Bertz CT molecular complexity index is 738. The van der Waals surface area contributed by atoms with Crippen LogP contribution in [-0.2, 0) is 6.42 Å². The van der Waals surface area contributed by atoms with Crippen molar-refractivity contribution in [2.75, 3.05) is 40.0 Å². The number of hydrogen-bond acceptors (Lipinski definition) is 5. The van der Waals surface area contributed by atoms with Crippen molar-refractivity contribution in [1.29, 1.82) is 0 Å².